The number of aliphatic hydroxyl groups excluding tert-OH is 1. The van der Waals surface area contributed by atoms with E-state index in [1.54, 1.807) is 17.2 Å². The van der Waals surface area contributed by atoms with E-state index in [4.69, 9.17) is 4.74 Å². The number of aliphatic hydroxyl groups is 1. The Morgan fingerprint density at radius 2 is 2.28 bits per heavy atom. The van der Waals surface area contributed by atoms with Gasteiger partial charge in [-0.05, 0) is 48.9 Å². The molecule has 1 aliphatic rings. The van der Waals surface area contributed by atoms with Gasteiger partial charge in [-0.1, -0.05) is 13.8 Å². The smallest absolute Gasteiger partial charge is 0.259 e. The molecule has 140 valence electrons. The van der Waals surface area contributed by atoms with Gasteiger partial charge in [-0.2, -0.15) is 0 Å². The second-order valence-corrected chi connectivity index (χ2v) is 7.81. The number of halogens is 1. The minimum atomic E-state index is -0.256. The van der Waals surface area contributed by atoms with E-state index >= 15 is 0 Å². The third-order valence-corrected chi connectivity index (χ3v) is 5.02. The Kier molecular flexibility index (Phi) is 7.22. The highest BCUT2D eigenvalue weighted by atomic mass is 79.9. The molecule has 0 aromatic carbocycles. The standard InChI is InChI=1S/C18H28BrN3O3/c1-5-6-21(4)10-16-12(2)9-22(13(3)11-23)18(24)15-7-14(19)8-20-17(15)25-16/h7-8,12-13,16,23H,5-6,9-11H2,1-4H3/t12-,13-,16+/m1/s1. The van der Waals surface area contributed by atoms with Crippen molar-refractivity contribution in [1.82, 2.24) is 14.8 Å². The Hall–Kier alpha value is -1.18. The second-order valence-electron chi connectivity index (χ2n) is 6.89. The van der Waals surface area contributed by atoms with Crippen LogP contribution in [0.1, 0.15) is 37.6 Å². The number of aromatic nitrogens is 1. The summed E-state index contributed by atoms with van der Waals surface area (Å²) in [6, 6.07) is 1.48. The Morgan fingerprint density at radius 3 is 2.92 bits per heavy atom. The average Bonchev–Trinajstić information content (AvgIpc) is 2.58. The summed E-state index contributed by atoms with van der Waals surface area (Å²) in [5, 5.41) is 9.58. The van der Waals surface area contributed by atoms with Crippen LogP contribution in [0.3, 0.4) is 0 Å². The zero-order chi connectivity index (χ0) is 18.6. The SMILES string of the molecule is CCCN(C)C[C@@H]1Oc2ncc(Br)cc2C(=O)N([C@H](C)CO)C[C@H]1C. The lowest BCUT2D eigenvalue weighted by atomic mass is 10.00. The minimum Gasteiger partial charge on any atom is -0.472 e. The van der Waals surface area contributed by atoms with Crippen LogP contribution < -0.4 is 4.74 Å². The molecule has 0 spiro atoms. The van der Waals surface area contributed by atoms with Crippen molar-refractivity contribution in [2.75, 3.05) is 33.3 Å². The first-order valence-electron chi connectivity index (χ1n) is 8.79. The molecule has 1 aromatic heterocycles. The van der Waals surface area contributed by atoms with Gasteiger partial charge in [-0.3, -0.25) is 4.79 Å². The van der Waals surface area contributed by atoms with Crippen LogP contribution in [0.5, 0.6) is 5.88 Å². The predicted molar refractivity (Wildman–Crippen MR) is 101 cm³/mol. The molecule has 0 bridgehead atoms. The first-order chi connectivity index (χ1) is 11.9. The normalized spacial score (nSPS) is 22.2. The number of hydrogen-bond donors (Lipinski definition) is 1. The van der Waals surface area contributed by atoms with Gasteiger partial charge in [0.15, 0.2) is 0 Å². The summed E-state index contributed by atoms with van der Waals surface area (Å²) in [7, 11) is 2.08. The maximum atomic E-state index is 13.0. The van der Waals surface area contributed by atoms with E-state index in [2.05, 4.69) is 46.7 Å². The van der Waals surface area contributed by atoms with Gasteiger partial charge in [0.05, 0.1) is 12.6 Å². The van der Waals surface area contributed by atoms with E-state index < -0.39 is 0 Å². The zero-order valence-electron chi connectivity index (χ0n) is 15.4. The number of likely N-dealkylation sites (N-methyl/N-ethyl adjacent to an activating group) is 1. The number of rotatable bonds is 6. The van der Waals surface area contributed by atoms with E-state index in [0.29, 0.717) is 18.0 Å². The number of carbonyl (C=O) groups excluding carboxylic acids is 1. The Balaban J connectivity index is 2.38. The summed E-state index contributed by atoms with van der Waals surface area (Å²) >= 11 is 3.38. The maximum Gasteiger partial charge on any atom is 0.259 e. The van der Waals surface area contributed by atoms with Crippen molar-refractivity contribution in [3.8, 4) is 5.88 Å². The van der Waals surface area contributed by atoms with Crippen LogP contribution in [-0.4, -0.2) is 71.2 Å². The third-order valence-electron chi connectivity index (χ3n) is 4.58. The van der Waals surface area contributed by atoms with E-state index in [-0.39, 0.29) is 30.6 Å². The first kappa shape index (κ1) is 20.1. The van der Waals surface area contributed by atoms with E-state index in [1.165, 1.54) is 0 Å². The second kappa shape index (κ2) is 8.96. The molecule has 0 saturated carbocycles. The van der Waals surface area contributed by atoms with E-state index in [1.807, 2.05) is 6.92 Å². The molecule has 0 radical (unpaired) electrons. The maximum absolute atomic E-state index is 13.0. The Labute approximate surface area is 158 Å². The Morgan fingerprint density at radius 1 is 1.56 bits per heavy atom. The van der Waals surface area contributed by atoms with Gasteiger partial charge in [-0.25, -0.2) is 4.98 Å². The van der Waals surface area contributed by atoms with Crippen LogP contribution in [0.25, 0.3) is 0 Å². The van der Waals surface area contributed by atoms with Gasteiger partial charge in [0, 0.05) is 29.7 Å². The van der Waals surface area contributed by atoms with Crippen molar-refractivity contribution >= 4 is 21.8 Å². The molecule has 1 aromatic rings. The molecule has 2 rings (SSSR count). The zero-order valence-corrected chi connectivity index (χ0v) is 17.0. The summed E-state index contributed by atoms with van der Waals surface area (Å²) in [4.78, 5) is 21.3. The van der Waals surface area contributed by atoms with E-state index in [0.717, 1.165) is 24.0 Å². The number of hydrogen-bond acceptors (Lipinski definition) is 5. The van der Waals surface area contributed by atoms with Crippen LogP contribution in [0.2, 0.25) is 0 Å². The molecule has 2 heterocycles. The van der Waals surface area contributed by atoms with Crippen LogP contribution >= 0.6 is 15.9 Å². The molecule has 0 saturated heterocycles. The van der Waals surface area contributed by atoms with Crippen LogP contribution in [0.4, 0.5) is 0 Å². The van der Waals surface area contributed by atoms with Gasteiger partial charge in [-0.15, -0.1) is 0 Å². The molecule has 6 nitrogen and oxygen atoms in total. The summed E-state index contributed by atoms with van der Waals surface area (Å²) in [6.45, 7) is 8.31. The lowest BCUT2D eigenvalue weighted by Gasteiger charge is -2.37. The highest BCUT2D eigenvalue weighted by Gasteiger charge is 2.34. The number of amides is 1. The first-order valence-corrected chi connectivity index (χ1v) is 9.59. The summed E-state index contributed by atoms with van der Waals surface area (Å²) in [6.07, 6.45) is 2.64. The van der Waals surface area contributed by atoms with Crippen LogP contribution in [-0.2, 0) is 0 Å². The largest absolute Gasteiger partial charge is 0.472 e. The predicted octanol–water partition coefficient (Wildman–Crippen LogP) is 2.41. The molecule has 1 amide bonds. The van der Waals surface area contributed by atoms with Crippen molar-refractivity contribution in [1.29, 1.82) is 0 Å². The van der Waals surface area contributed by atoms with Crippen molar-refractivity contribution in [3.63, 3.8) is 0 Å². The molecule has 3 atom stereocenters. The highest BCUT2D eigenvalue weighted by molar-refractivity contribution is 9.10. The van der Waals surface area contributed by atoms with E-state index in [9.17, 15) is 9.90 Å². The fourth-order valence-electron chi connectivity index (χ4n) is 3.07. The summed E-state index contributed by atoms with van der Waals surface area (Å²) in [5.41, 5.74) is 0.435. The van der Waals surface area contributed by atoms with Crippen LogP contribution in [0.15, 0.2) is 16.7 Å². The molecule has 25 heavy (non-hydrogen) atoms. The fourth-order valence-corrected chi connectivity index (χ4v) is 3.41. The Bertz CT molecular complexity index is 599. The third kappa shape index (κ3) is 4.92. The van der Waals surface area contributed by atoms with Crippen LogP contribution in [0, 0.1) is 5.92 Å². The summed E-state index contributed by atoms with van der Waals surface area (Å²) < 4.78 is 6.90. The molecular weight excluding hydrogens is 386 g/mol. The number of nitrogens with zero attached hydrogens (tertiary/aromatic N) is 3. The van der Waals surface area contributed by atoms with Gasteiger partial charge in [0.25, 0.3) is 5.91 Å². The van der Waals surface area contributed by atoms with Crippen molar-refractivity contribution in [2.45, 2.75) is 39.3 Å². The molecule has 0 unspecified atom stereocenters. The van der Waals surface area contributed by atoms with Crippen molar-refractivity contribution in [2.24, 2.45) is 5.92 Å². The summed E-state index contributed by atoms with van der Waals surface area (Å²) in [5.74, 6) is 0.332. The number of ether oxygens (including phenoxy) is 1. The molecule has 1 aliphatic heterocycles. The van der Waals surface area contributed by atoms with Gasteiger partial charge < -0.3 is 19.6 Å². The highest BCUT2D eigenvalue weighted by Crippen LogP contribution is 2.28. The lowest BCUT2D eigenvalue weighted by molar-refractivity contribution is 0.0331. The topological polar surface area (TPSA) is 65.9 Å². The quantitative estimate of drug-likeness (QED) is 0.775. The number of fused-ring (bicyclic) bond motifs is 1. The molecule has 1 N–H and O–H groups in total. The van der Waals surface area contributed by atoms with Gasteiger partial charge >= 0.3 is 0 Å². The molecular formula is C18H28BrN3O3. The molecule has 0 aliphatic carbocycles. The van der Waals surface area contributed by atoms with Crippen molar-refractivity contribution in [3.05, 3.63) is 22.3 Å². The number of pyridine rings is 1. The molecule has 0 fully saturated rings. The number of carbonyl (C=O) groups is 1. The van der Waals surface area contributed by atoms with Gasteiger partial charge in [0.2, 0.25) is 5.88 Å². The van der Waals surface area contributed by atoms with Crippen molar-refractivity contribution < 1.29 is 14.6 Å². The average molecular weight is 414 g/mol. The minimum absolute atomic E-state index is 0.0729. The van der Waals surface area contributed by atoms with Gasteiger partial charge in [0.1, 0.15) is 11.7 Å². The molecule has 7 heteroatoms. The monoisotopic (exact) mass is 413 g/mol. The lowest BCUT2D eigenvalue weighted by Crippen LogP contribution is -2.50. The fraction of sp³-hybridized carbons (Fsp3) is 0.667.